The third-order valence-electron chi connectivity index (χ3n) is 1.62. The highest BCUT2D eigenvalue weighted by Crippen LogP contribution is 2.11. The third-order valence-corrected chi connectivity index (χ3v) is 1.62. The Balaban J connectivity index is 2.41. The smallest absolute Gasteiger partial charge is 0.252 e. The Morgan fingerprint density at radius 2 is 2.46 bits per heavy atom. The molecule has 0 amide bonds. The topological polar surface area (TPSA) is 77.0 Å². The largest absolute Gasteiger partial charge is 0.387 e. The first-order valence-electron chi connectivity index (χ1n) is 3.72. The molecule has 2 heterocycles. The molecule has 0 atom stereocenters. The standard InChI is InChI=1S/C7H8N4O2/c1-11-3-2-8-7(11)6-9-5(4-12)13-10-6/h2-3,12H,4H2,1H3. The second-order valence-electron chi connectivity index (χ2n) is 2.53. The van der Waals surface area contributed by atoms with Crippen molar-refractivity contribution >= 4 is 0 Å². The lowest BCUT2D eigenvalue weighted by Gasteiger charge is -1.92. The van der Waals surface area contributed by atoms with Gasteiger partial charge in [-0.15, -0.1) is 0 Å². The molecule has 6 heteroatoms. The Morgan fingerprint density at radius 1 is 1.62 bits per heavy atom. The van der Waals surface area contributed by atoms with Gasteiger partial charge in [0, 0.05) is 19.4 Å². The molecule has 68 valence electrons. The molecular weight excluding hydrogens is 172 g/mol. The molecule has 0 aliphatic rings. The Labute approximate surface area is 73.8 Å². The second-order valence-corrected chi connectivity index (χ2v) is 2.53. The molecule has 0 unspecified atom stereocenters. The first-order valence-corrected chi connectivity index (χ1v) is 3.72. The number of nitrogens with zero attached hydrogens (tertiary/aromatic N) is 4. The van der Waals surface area contributed by atoms with E-state index >= 15 is 0 Å². The number of hydrogen-bond donors (Lipinski definition) is 1. The van der Waals surface area contributed by atoms with Crippen LogP contribution in [0.4, 0.5) is 0 Å². The van der Waals surface area contributed by atoms with Crippen LogP contribution in [0.15, 0.2) is 16.9 Å². The van der Waals surface area contributed by atoms with Crippen LogP contribution in [0.25, 0.3) is 11.6 Å². The van der Waals surface area contributed by atoms with Gasteiger partial charge in [-0.3, -0.25) is 0 Å². The first-order chi connectivity index (χ1) is 6.31. The lowest BCUT2D eigenvalue weighted by molar-refractivity contribution is 0.222. The monoisotopic (exact) mass is 180 g/mol. The maximum absolute atomic E-state index is 8.69. The summed E-state index contributed by atoms with van der Waals surface area (Å²) in [6, 6.07) is 0. The van der Waals surface area contributed by atoms with Crippen molar-refractivity contribution in [2.45, 2.75) is 6.61 Å². The molecule has 0 bridgehead atoms. The van der Waals surface area contributed by atoms with Crippen LogP contribution in [0.2, 0.25) is 0 Å². The van der Waals surface area contributed by atoms with E-state index in [-0.39, 0.29) is 12.5 Å². The molecule has 6 nitrogen and oxygen atoms in total. The molecule has 2 rings (SSSR count). The fourth-order valence-corrected chi connectivity index (χ4v) is 0.991. The lowest BCUT2D eigenvalue weighted by atomic mass is 10.5. The zero-order valence-corrected chi connectivity index (χ0v) is 7.01. The number of aliphatic hydroxyl groups excluding tert-OH is 1. The molecule has 0 aliphatic carbocycles. The molecule has 0 aliphatic heterocycles. The maximum Gasteiger partial charge on any atom is 0.252 e. The predicted octanol–water partition coefficient (Wildman–Crippen LogP) is -0.0376. The number of aliphatic hydroxyl groups is 1. The Bertz CT molecular complexity index is 406. The summed E-state index contributed by atoms with van der Waals surface area (Å²) in [7, 11) is 1.83. The Morgan fingerprint density at radius 3 is 3.00 bits per heavy atom. The molecule has 0 fully saturated rings. The molecule has 13 heavy (non-hydrogen) atoms. The average molecular weight is 180 g/mol. The van der Waals surface area contributed by atoms with E-state index in [1.165, 1.54) is 0 Å². The molecule has 1 N–H and O–H groups in total. The zero-order valence-electron chi connectivity index (χ0n) is 7.01. The van der Waals surface area contributed by atoms with E-state index in [2.05, 4.69) is 15.1 Å². The Hall–Kier alpha value is -1.69. The van der Waals surface area contributed by atoms with Gasteiger partial charge in [0.05, 0.1) is 0 Å². The van der Waals surface area contributed by atoms with Crippen LogP contribution < -0.4 is 0 Å². The minimum atomic E-state index is -0.253. The fourth-order valence-electron chi connectivity index (χ4n) is 0.991. The summed E-state index contributed by atoms with van der Waals surface area (Å²) in [5.74, 6) is 1.19. The van der Waals surface area contributed by atoms with Gasteiger partial charge in [0.15, 0.2) is 5.82 Å². The van der Waals surface area contributed by atoms with E-state index in [0.717, 1.165) is 0 Å². The van der Waals surface area contributed by atoms with Crippen LogP contribution in [-0.4, -0.2) is 24.8 Å². The van der Waals surface area contributed by atoms with E-state index in [4.69, 9.17) is 9.63 Å². The van der Waals surface area contributed by atoms with Gasteiger partial charge in [0.2, 0.25) is 5.82 Å². The molecular formula is C7H8N4O2. The number of imidazole rings is 1. The van der Waals surface area contributed by atoms with E-state index in [0.29, 0.717) is 11.6 Å². The van der Waals surface area contributed by atoms with Gasteiger partial charge in [-0.05, 0) is 0 Å². The molecule has 0 spiro atoms. The molecule has 0 saturated heterocycles. The number of rotatable bonds is 2. The highest BCUT2D eigenvalue weighted by atomic mass is 16.5. The van der Waals surface area contributed by atoms with Gasteiger partial charge in [-0.25, -0.2) is 4.98 Å². The van der Waals surface area contributed by atoms with Crippen molar-refractivity contribution in [2.24, 2.45) is 7.05 Å². The highest BCUT2D eigenvalue weighted by Gasteiger charge is 2.10. The van der Waals surface area contributed by atoms with Crippen LogP contribution in [0.1, 0.15) is 5.89 Å². The van der Waals surface area contributed by atoms with Crippen LogP contribution in [0.3, 0.4) is 0 Å². The summed E-state index contributed by atoms with van der Waals surface area (Å²) >= 11 is 0. The van der Waals surface area contributed by atoms with Gasteiger partial charge in [-0.2, -0.15) is 4.98 Å². The summed E-state index contributed by atoms with van der Waals surface area (Å²) < 4.78 is 6.50. The van der Waals surface area contributed by atoms with Crippen molar-refractivity contribution in [3.8, 4) is 11.6 Å². The van der Waals surface area contributed by atoms with E-state index in [9.17, 15) is 0 Å². The number of aryl methyl sites for hydroxylation is 1. The fraction of sp³-hybridized carbons (Fsp3) is 0.286. The summed E-state index contributed by atoms with van der Waals surface area (Å²) in [6.07, 6.45) is 3.43. The quantitative estimate of drug-likeness (QED) is 0.701. The van der Waals surface area contributed by atoms with Crippen LogP contribution in [0, 0.1) is 0 Å². The van der Waals surface area contributed by atoms with Crippen LogP contribution >= 0.6 is 0 Å². The van der Waals surface area contributed by atoms with Crippen molar-refractivity contribution in [3.63, 3.8) is 0 Å². The molecule has 2 aromatic heterocycles. The van der Waals surface area contributed by atoms with E-state index in [1.54, 1.807) is 17.0 Å². The SMILES string of the molecule is Cn1ccnc1-c1noc(CO)n1. The molecule has 2 aromatic rings. The van der Waals surface area contributed by atoms with E-state index in [1.807, 2.05) is 7.05 Å². The summed E-state index contributed by atoms with van der Waals surface area (Å²) in [5.41, 5.74) is 0. The van der Waals surface area contributed by atoms with Gasteiger partial charge in [0.25, 0.3) is 5.89 Å². The lowest BCUT2D eigenvalue weighted by Crippen LogP contribution is -1.93. The van der Waals surface area contributed by atoms with Gasteiger partial charge < -0.3 is 14.2 Å². The van der Waals surface area contributed by atoms with Gasteiger partial charge >= 0.3 is 0 Å². The van der Waals surface area contributed by atoms with Gasteiger partial charge in [-0.1, -0.05) is 5.16 Å². The van der Waals surface area contributed by atoms with Crippen molar-refractivity contribution in [3.05, 3.63) is 18.3 Å². The molecule has 0 aromatic carbocycles. The van der Waals surface area contributed by atoms with Crippen LogP contribution in [0.5, 0.6) is 0 Å². The highest BCUT2D eigenvalue weighted by molar-refractivity contribution is 5.41. The van der Waals surface area contributed by atoms with E-state index < -0.39 is 0 Å². The maximum atomic E-state index is 8.69. The number of hydrogen-bond acceptors (Lipinski definition) is 5. The predicted molar refractivity (Wildman–Crippen MR) is 42.4 cm³/mol. The molecule has 0 radical (unpaired) electrons. The van der Waals surface area contributed by atoms with Crippen LogP contribution in [-0.2, 0) is 13.7 Å². The van der Waals surface area contributed by atoms with Crippen molar-refractivity contribution in [1.82, 2.24) is 19.7 Å². The molecule has 0 saturated carbocycles. The van der Waals surface area contributed by atoms with Crippen molar-refractivity contribution in [1.29, 1.82) is 0 Å². The summed E-state index contributed by atoms with van der Waals surface area (Å²) in [5, 5.41) is 12.4. The van der Waals surface area contributed by atoms with Crippen molar-refractivity contribution in [2.75, 3.05) is 0 Å². The second kappa shape index (κ2) is 2.98. The summed E-state index contributed by atoms with van der Waals surface area (Å²) in [4.78, 5) is 7.95. The minimum absolute atomic E-state index is 0.193. The third kappa shape index (κ3) is 1.31. The average Bonchev–Trinajstić information content (AvgIpc) is 2.71. The first kappa shape index (κ1) is 7.93. The Kier molecular flexibility index (Phi) is 1.82. The number of aromatic nitrogens is 4. The zero-order chi connectivity index (χ0) is 9.26. The minimum Gasteiger partial charge on any atom is -0.387 e. The normalized spacial score (nSPS) is 10.6. The summed E-state index contributed by atoms with van der Waals surface area (Å²) in [6.45, 7) is -0.253. The van der Waals surface area contributed by atoms with Crippen molar-refractivity contribution < 1.29 is 9.63 Å². The van der Waals surface area contributed by atoms with Gasteiger partial charge in [0.1, 0.15) is 6.61 Å².